The van der Waals surface area contributed by atoms with E-state index >= 15 is 0 Å². The van der Waals surface area contributed by atoms with E-state index in [2.05, 4.69) is 9.59 Å². The van der Waals surface area contributed by atoms with Gasteiger partial charge in [0.1, 0.15) is 10.2 Å². The van der Waals surface area contributed by atoms with Crippen molar-refractivity contribution in [2.24, 2.45) is 0 Å². The summed E-state index contributed by atoms with van der Waals surface area (Å²) in [5, 5.41) is 3.82. The van der Waals surface area contributed by atoms with E-state index in [1.807, 2.05) is 0 Å². The Balaban J connectivity index is 2.54. The molecule has 0 aliphatic rings. The summed E-state index contributed by atoms with van der Waals surface area (Å²) in [5.41, 5.74) is -0.165. The van der Waals surface area contributed by atoms with Crippen LogP contribution in [0.25, 0.3) is 10.2 Å². The van der Waals surface area contributed by atoms with Gasteiger partial charge in [0.25, 0.3) is 0 Å². The third-order valence-electron chi connectivity index (χ3n) is 1.43. The number of halogens is 1. The number of carbonyl (C=O) groups excluding carboxylic acids is 1. The number of carbonyl (C=O) groups is 1. The summed E-state index contributed by atoms with van der Waals surface area (Å²) in [6.07, 6.45) is 0. The molecule has 1 aromatic heterocycles. The predicted molar refractivity (Wildman–Crippen MR) is 49.3 cm³/mol. The molecule has 0 N–H and O–H groups in total. The molecule has 6 heteroatoms. The van der Waals surface area contributed by atoms with E-state index in [1.165, 1.54) is 0 Å². The lowest BCUT2D eigenvalue weighted by Gasteiger charge is -1.98. The number of aromatic nitrogens is 2. The highest BCUT2D eigenvalue weighted by atomic mass is 35.5. The van der Waals surface area contributed by atoms with E-state index in [-0.39, 0.29) is 0 Å². The van der Waals surface area contributed by atoms with Crippen LogP contribution in [-0.2, 0) is 0 Å². The van der Waals surface area contributed by atoms with Gasteiger partial charge in [0, 0.05) is 11.6 Å². The highest BCUT2D eigenvalue weighted by Gasteiger charge is 2.07. The number of hydrogen-bond acceptors (Lipinski definition) is 5. The summed E-state index contributed by atoms with van der Waals surface area (Å²) in [7, 11) is 0. The van der Waals surface area contributed by atoms with Crippen LogP contribution in [0.15, 0.2) is 18.2 Å². The molecule has 2 aromatic rings. The molecule has 0 spiro atoms. The van der Waals surface area contributed by atoms with Crippen molar-refractivity contribution in [3.05, 3.63) is 18.2 Å². The third kappa shape index (κ3) is 1.61. The molecule has 13 heavy (non-hydrogen) atoms. The average Bonchev–Trinajstić information content (AvgIpc) is 2.51. The fraction of sp³-hybridized carbons (Fsp3) is 0. The standard InChI is InChI=1S/C7H3ClN2O2S/c8-7(11)12-5-3-1-2-4-6(5)13-10-9-4/h1-3H. The average molecular weight is 215 g/mol. The maximum Gasteiger partial charge on any atom is 0.409 e. The minimum Gasteiger partial charge on any atom is -0.413 e. The van der Waals surface area contributed by atoms with Crippen molar-refractivity contribution in [1.29, 1.82) is 0 Å². The summed E-state index contributed by atoms with van der Waals surface area (Å²) >= 11 is 6.24. The smallest absolute Gasteiger partial charge is 0.409 e. The minimum atomic E-state index is -0.860. The van der Waals surface area contributed by atoms with Gasteiger partial charge in [-0.15, -0.1) is 5.10 Å². The molecule has 66 valence electrons. The molecule has 2 rings (SSSR count). The van der Waals surface area contributed by atoms with Crippen LogP contribution >= 0.6 is 23.1 Å². The van der Waals surface area contributed by atoms with E-state index in [0.29, 0.717) is 11.3 Å². The Labute approximate surface area is 82.2 Å². The third-order valence-corrected chi connectivity index (χ3v) is 2.26. The van der Waals surface area contributed by atoms with Crippen molar-refractivity contribution < 1.29 is 9.53 Å². The predicted octanol–water partition coefficient (Wildman–Crippen LogP) is 2.43. The second kappa shape index (κ2) is 3.27. The molecule has 1 aromatic carbocycles. The van der Waals surface area contributed by atoms with Gasteiger partial charge in [-0.1, -0.05) is 10.6 Å². The Morgan fingerprint density at radius 1 is 1.54 bits per heavy atom. The van der Waals surface area contributed by atoms with E-state index in [4.69, 9.17) is 16.3 Å². The van der Waals surface area contributed by atoms with Crippen LogP contribution in [0.5, 0.6) is 5.75 Å². The highest BCUT2D eigenvalue weighted by molar-refractivity contribution is 7.13. The molecular formula is C7H3ClN2O2S. The zero-order chi connectivity index (χ0) is 9.26. The Morgan fingerprint density at radius 3 is 3.15 bits per heavy atom. The van der Waals surface area contributed by atoms with Crippen LogP contribution in [0.4, 0.5) is 4.79 Å². The van der Waals surface area contributed by atoms with Crippen molar-refractivity contribution in [3.8, 4) is 5.75 Å². The summed E-state index contributed by atoms with van der Waals surface area (Å²) in [4.78, 5) is 10.5. The Bertz CT molecular complexity index is 456. The van der Waals surface area contributed by atoms with E-state index < -0.39 is 5.43 Å². The van der Waals surface area contributed by atoms with Gasteiger partial charge in [-0.05, 0) is 23.7 Å². The SMILES string of the molecule is O=C(Cl)Oc1cccc2nnsc12. The molecule has 0 aliphatic heterocycles. The van der Waals surface area contributed by atoms with Gasteiger partial charge < -0.3 is 4.74 Å². The molecule has 0 unspecified atom stereocenters. The fourth-order valence-corrected chi connectivity index (χ4v) is 1.64. The van der Waals surface area contributed by atoms with Crippen molar-refractivity contribution in [1.82, 2.24) is 9.59 Å². The van der Waals surface area contributed by atoms with Gasteiger partial charge in [0.2, 0.25) is 0 Å². The molecule has 0 bridgehead atoms. The maximum atomic E-state index is 10.5. The van der Waals surface area contributed by atoms with Crippen molar-refractivity contribution in [2.75, 3.05) is 0 Å². The normalized spacial score (nSPS) is 10.2. The van der Waals surface area contributed by atoms with Crippen molar-refractivity contribution in [3.63, 3.8) is 0 Å². The highest BCUT2D eigenvalue weighted by Crippen LogP contribution is 2.27. The van der Waals surface area contributed by atoms with Gasteiger partial charge in [0.15, 0.2) is 5.75 Å². The topological polar surface area (TPSA) is 52.1 Å². The van der Waals surface area contributed by atoms with E-state index in [9.17, 15) is 4.79 Å². The molecular weight excluding hydrogens is 212 g/mol. The molecule has 0 atom stereocenters. The lowest BCUT2D eigenvalue weighted by Crippen LogP contribution is -1.95. The largest absolute Gasteiger partial charge is 0.413 e. The molecule has 0 saturated carbocycles. The van der Waals surface area contributed by atoms with Gasteiger partial charge in [-0.25, -0.2) is 4.79 Å². The molecule has 0 amide bonds. The van der Waals surface area contributed by atoms with Crippen LogP contribution in [-0.4, -0.2) is 15.0 Å². The molecule has 0 radical (unpaired) electrons. The van der Waals surface area contributed by atoms with Crippen molar-refractivity contribution in [2.45, 2.75) is 0 Å². The number of nitrogens with zero attached hydrogens (tertiary/aromatic N) is 2. The number of benzene rings is 1. The second-order valence-corrected chi connectivity index (χ2v) is 3.28. The first-order valence-electron chi connectivity index (χ1n) is 3.36. The van der Waals surface area contributed by atoms with Gasteiger partial charge >= 0.3 is 5.43 Å². The Morgan fingerprint density at radius 2 is 2.38 bits per heavy atom. The first-order chi connectivity index (χ1) is 6.27. The number of hydrogen-bond donors (Lipinski definition) is 0. The zero-order valence-corrected chi connectivity index (χ0v) is 7.80. The first kappa shape index (κ1) is 8.40. The van der Waals surface area contributed by atoms with Crippen LogP contribution < -0.4 is 4.74 Å². The Kier molecular flexibility index (Phi) is 2.12. The quantitative estimate of drug-likeness (QED) is 0.685. The minimum absolute atomic E-state index is 0.396. The maximum absolute atomic E-state index is 10.5. The fourth-order valence-electron chi connectivity index (χ4n) is 0.947. The van der Waals surface area contributed by atoms with Crippen molar-refractivity contribution >= 4 is 38.8 Å². The molecule has 4 nitrogen and oxygen atoms in total. The van der Waals surface area contributed by atoms with Crippen LogP contribution in [0.3, 0.4) is 0 Å². The number of ether oxygens (including phenoxy) is 1. The lowest BCUT2D eigenvalue weighted by atomic mass is 10.3. The van der Waals surface area contributed by atoms with Crippen LogP contribution in [0.1, 0.15) is 0 Å². The summed E-state index contributed by atoms with van der Waals surface area (Å²) in [5.74, 6) is 0.396. The van der Waals surface area contributed by atoms with E-state index in [1.54, 1.807) is 18.2 Å². The van der Waals surface area contributed by atoms with Crippen LogP contribution in [0.2, 0.25) is 0 Å². The van der Waals surface area contributed by atoms with E-state index in [0.717, 1.165) is 16.2 Å². The van der Waals surface area contributed by atoms with Crippen LogP contribution in [0, 0.1) is 0 Å². The summed E-state index contributed by atoms with van der Waals surface area (Å²) in [6.45, 7) is 0. The molecule has 0 aliphatic carbocycles. The zero-order valence-electron chi connectivity index (χ0n) is 6.23. The first-order valence-corrected chi connectivity index (χ1v) is 4.51. The summed E-state index contributed by atoms with van der Waals surface area (Å²) < 4.78 is 9.19. The van der Waals surface area contributed by atoms with Gasteiger partial charge in [0.05, 0.1) is 0 Å². The summed E-state index contributed by atoms with van der Waals surface area (Å²) in [6, 6.07) is 5.14. The lowest BCUT2D eigenvalue weighted by molar-refractivity contribution is 0.226. The van der Waals surface area contributed by atoms with Gasteiger partial charge in [-0.3, -0.25) is 0 Å². The number of fused-ring (bicyclic) bond motifs is 1. The van der Waals surface area contributed by atoms with Gasteiger partial charge in [-0.2, -0.15) is 0 Å². The molecule has 0 fully saturated rings. The second-order valence-electron chi connectivity index (χ2n) is 2.22. The Hall–Kier alpha value is -1.20. The molecule has 0 saturated heterocycles. The number of rotatable bonds is 1. The molecule has 1 heterocycles. The monoisotopic (exact) mass is 214 g/mol.